The zero-order chi connectivity index (χ0) is 12.0. The van der Waals surface area contributed by atoms with Crippen molar-refractivity contribution >= 4 is 15.9 Å². The molecular formula is C11H20BrN3O. The zero-order valence-electron chi connectivity index (χ0n) is 10.1. The first-order chi connectivity index (χ1) is 7.58. The van der Waals surface area contributed by atoms with Crippen LogP contribution in [0.15, 0.2) is 16.9 Å². The second-order valence-corrected chi connectivity index (χ2v) is 5.07. The fourth-order valence-corrected chi connectivity index (χ4v) is 1.71. The summed E-state index contributed by atoms with van der Waals surface area (Å²) in [6, 6.07) is 0.391. The molecule has 0 amide bonds. The van der Waals surface area contributed by atoms with Gasteiger partial charge < -0.3 is 10.1 Å². The molecule has 5 heteroatoms. The number of halogens is 1. The van der Waals surface area contributed by atoms with Crippen molar-refractivity contribution in [2.24, 2.45) is 0 Å². The lowest BCUT2D eigenvalue weighted by Gasteiger charge is -2.14. The van der Waals surface area contributed by atoms with Gasteiger partial charge in [0.15, 0.2) is 0 Å². The molecular weight excluding hydrogens is 270 g/mol. The molecule has 0 aromatic carbocycles. The van der Waals surface area contributed by atoms with E-state index in [0.717, 1.165) is 24.2 Å². The van der Waals surface area contributed by atoms with Gasteiger partial charge in [0.25, 0.3) is 0 Å². The highest BCUT2D eigenvalue weighted by Crippen LogP contribution is 2.06. The summed E-state index contributed by atoms with van der Waals surface area (Å²) in [6.45, 7) is 8.74. The zero-order valence-corrected chi connectivity index (χ0v) is 11.7. The molecule has 0 aliphatic carbocycles. The van der Waals surface area contributed by atoms with Crippen molar-refractivity contribution in [2.75, 3.05) is 13.2 Å². The maximum Gasteiger partial charge on any atom is 0.0632 e. The molecule has 0 saturated heterocycles. The summed E-state index contributed by atoms with van der Waals surface area (Å²) in [7, 11) is 0. The lowest BCUT2D eigenvalue weighted by Crippen LogP contribution is -2.33. The molecule has 92 valence electrons. The van der Waals surface area contributed by atoms with Gasteiger partial charge >= 0.3 is 0 Å². The smallest absolute Gasteiger partial charge is 0.0632 e. The summed E-state index contributed by atoms with van der Waals surface area (Å²) < 4.78 is 8.39. The Morgan fingerprint density at radius 2 is 2.25 bits per heavy atom. The van der Waals surface area contributed by atoms with E-state index < -0.39 is 0 Å². The van der Waals surface area contributed by atoms with Gasteiger partial charge in [0, 0.05) is 18.8 Å². The Balaban J connectivity index is 2.13. The predicted octanol–water partition coefficient (Wildman–Crippen LogP) is 2.05. The van der Waals surface area contributed by atoms with Gasteiger partial charge in [-0.15, -0.1) is 0 Å². The quantitative estimate of drug-likeness (QED) is 0.781. The Morgan fingerprint density at radius 3 is 2.81 bits per heavy atom. The molecule has 1 unspecified atom stereocenters. The Bertz CT molecular complexity index is 301. The van der Waals surface area contributed by atoms with Gasteiger partial charge in [0.05, 0.1) is 29.9 Å². The van der Waals surface area contributed by atoms with E-state index in [-0.39, 0.29) is 0 Å². The SMILES string of the molecule is CC(Cn1cc(Br)cn1)NCCOC(C)C. The van der Waals surface area contributed by atoms with Crippen LogP contribution >= 0.6 is 15.9 Å². The summed E-state index contributed by atoms with van der Waals surface area (Å²) >= 11 is 3.38. The van der Waals surface area contributed by atoms with E-state index in [9.17, 15) is 0 Å². The number of nitrogens with one attached hydrogen (secondary N) is 1. The normalized spacial score (nSPS) is 13.3. The van der Waals surface area contributed by atoms with Gasteiger partial charge in [-0.3, -0.25) is 4.68 Å². The van der Waals surface area contributed by atoms with Crippen molar-refractivity contribution in [2.45, 2.75) is 39.5 Å². The molecule has 0 aliphatic rings. The van der Waals surface area contributed by atoms with Gasteiger partial charge in [-0.05, 0) is 36.7 Å². The summed E-state index contributed by atoms with van der Waals surface area (Å²) in [5, 5.41) is 7.61. The van der Waals surface area contributed by atoms with E-state index in [1.165, 1.54) is 0 Å². The molecule has 16 heavy (non-hydrogen) atoms. The first-order valence-corrected chi connectivity index (χ1v) is 6.40. The van der Waals surface area contributed by atoms with Gasteiger partial charge in [0.2, 0.25) is 0 Å². The number of ether oxygens (including phenoxy) is 1. The molecule has 0 spiro atoms. The van der Waals surface area contributed by atoms with Gasteiger partial charge in [-0.25, -0.2) is 0 Å². The first kappa shape index (κ1) is 13.7. The lowest BCUT2D eigenvalue weighted by molar-refractivity contribution is 0.0792. The third kappa shape index (κ3) is 5.63. The standard InChI is InChI=1S/C11H20BrN3O/c1-9(2)16-5-4-13-10(3)7-15-8-11(12)6-14-15/h6,8-10,13H,4-5,7H2,1-3H3. The molecule has 1 aromatic rings. The number of hydrogen-bond acceptors (Lipinski definition) is 3. The Hall–Kier alpha value is -0.390. The maximum atomic E-state index is 5.45. The summed E-state index contributed by atoms with van der Waals surface area (Å²) in [5.41, 5.74) is 0. The third-order valence-electron chi connectivity index (χ3n) is 2.11. The van der Waals surface area contributed by atoms with Gasteiger partial charge in [0.1, 0.15) is 0 Å². The summed E-state index contributed by atoms with van der Waals surface area (Å²) in [5.74, 6) is 0. The van der Waals surface area contributed by atoms with Crippen LogP contribution in [-0.2, 0) is 11.3 Å². The molecule has 4 nitrogen and oxygen atoms in total. The predicted molar refractivity (Wildman–Crippen MR) is 68.5 cm³/mol. The van der Waals surface area contributed by atoms with Crippen LogP contribution in [0.5, 0.6) is 0 Å². The largest absolute Gasteiger partial charge is 0.377 e. The highest BCUT2D eigenvalue weighted by molar-refractivity contribution is 9.10. The Morgan fingerprint density at radius 1 is 1.50 bits per heavy atom. The number of nitrogens with zero attached hydrogens (tertiary/aromatic N) is 2. The molecule has 0 aliphatic heterocycles. The van der Waals surface area contributed by atoms with Crippen LogP contribution in [-0.4, -0.2) is 35.1 Å². The minimum Gasteiger partial charge on any atom is -0.377 e. The highest BCUT2D eigenvalue weighted by atomic mass is 79.9. The van der Waals surface area contributed by atoms with Crippen LogP contribution < -0.4 is 5.32 Å². The lowest BCUT2D eigenvalue weighted by atomic mass is 10.3. The van der Waals surface area contributed by atoms with Crippen LogP contribution in [0.3, 0.4) is 0 Å². The van der Waals surface area contributed by atoms with E-state index in [2.05, 4.69) is 33.3 Å². The third-order valence-corrected chi connectivity index (χ3v) is 2.52. The number of aromatic nitrogens is 2. The number of rotatable bonds is 7. The van der Waals surface area contributed by atoms with E-state index in [1.54, 1.807) is 6.20 Å². The van der Waals surface area contributed by atoms with Crippen LogP contribution in [0.25, 0.3) is 0 Å². The second kappa shape index (κ2) is 7.04. The van der Waals surface area contributed by atoms with Crippen molar-refractivity contribution in [1.82, 2.24) is 15.1 Å². The van der Waals surface area contributed by atoms with Crippen molar-refractivity contribution in [3.05, 3.63) is 16.9 Å². The molecule has 0 fully saturated rings. The Labute approximate surface area is 105 Å². The van der Waals surface area contributed by atoms with E-state index >= 15 is 0 Å². The van der Waals surface area contributed by atoms with Crippen LogP contribution in [0.4, 0.5) is 0 Å². The fourth-order valence-electron chi connectivity index (χ4n) is 1.38. The second-order valence-electron chi connectivity index (χ2n) is 4.16. The topological polar surface area (TPSA) is 39.1 Å². The van der Waals surface area contributed by atoms with Crippen molar-refractivity contribution in [1.29, 1.82) is 0 Å². The van der Waals surface area contributed by atoms with Crippen molar-refractivity contribution < 1.29 is 4.74 Å². The first-order valence-electron chi connectivity index (χ1n) is 5.61. The van der Waals surface area contributed by atoms with E-state index in [1.807, 2.05) is 24.7 Å². The Kier molecular flexibility index (Phi) is 6.01. The summed E-state index contributed by atoms with van der Waals surface area (Å²) in [4.78, 5) is 0. The molecule has 0 bridgehead atoms. The molecule has 1 rings (SSSR count). The van der Waals surface area contributed by atoms with Gasteiger partial charge in [-0.2, -0.15) is 5.10 Å². The van der Waals surface area contributed by atoms with Crippen LogP contribution in [0.1, 0.15) is 20.8 Å². The molecule has 1 aromatic heterocycles. The molecule has 1 N–H and O–H groups in total. The average Bonchev–Trinajstić information content (AvgIpc) is 2.58. The minimum atomic E-state index is 0.305. The van der Waals surface area contributed by atoms with E-state index in [0.29, 0.717) is 12.1 Å². The average molecular weight is 290 g/mol. The molecule has 0 radical (unpaired) electrons. The van der Waals surface area contributed by atoms with Crippen LogP contribution in [0.2, 0.25) is 0 Å². The van der Waals surface area contributed by atoms with Crippen molar-refractivity contribution in [3.8, 4) is 0 Å². The molecule has 0 saturated carbocycles. The molecule has 1 heterocycles. The van der Waals surface area contributed by atoms with E-state index in [4.69, 9.17) is 4.74 Å². The van der Waals surface area contributed by atoms with Gasteiger partial charge in [-0.1, -0.05) is 0 Å². The van der Waals surface area contributed by atoms with Crippen LogP contribution in [0, 0.1) is 0 Å². The van der Waals surface area contributed by atoms with Crippen molar-refractivity contribution in [3.63, 3.8) is 0 Å². The number of hydrogen-bond donors (Lipinski definition) is 1. The summed E-state index contributed by atoms with van der Waals surface area (Å²) in [6.07, 6.45) is 4.08. The monoisotopic (exact) mass is 289 g/mol. The fraction of sp³-hybridized carbons (Fsp3) is 0.727. The minimum absolute atomic E-state index is 0.305. The molecule has 1 atom stereocenters. The highest BCUT2D eigenvalue weighted by Gasteiger charge is 2.03. The maximum absolute atomic E-state index is 5.45.